The van der Waals surface area contributed by atoms with E-state index in [1.165, 1.54) is 24.9 Å². The highest BCUT2D eigenvalue weighted by Crippen LogP contribution is 2.16. The van der Waals surface area contributed by atoms with Crippen molar-refractivity contribution < 1.29 is 5.11 Å². The summed E-state index contributed by atoms with van der Waals surface area (Å²) in [6.45, 7) is 2.42. The van der Waals surface area contributed by atoms with Crippen LogP contribution in [0.5, 0.6) is 0 Å². The van der Waals surface area contributed by atoms with Crippen LogP contribution in [0.1, 0.15) is 24.4 Å². The Balaban J connectivity index is 1.95. The first kappa shape index (κ1) is 12.6. The van der Waals surface area contributed by atoms with Gasteiger partial charge in [-0.3, -0.25) is 0 Å². The fraction of sp³-hybridized carbons (Fsp3) is 0.571. The fourth-order valence-corrected chi connectivity index (χ4v) is 2.53. The normalized spacial score (nSPS) is 23.5. The highest BCUT2D eigenvalue weighted by molar-refractivity contribution is 5.19. The van der Waals surface area contributed by atoms with E-state index in [9.17, 15) is 5.11 Å². The number of aliphatic hydroxyl groups is 1. The highest BCUT2D eigenvalue weighted by Gasteiger charge is 2.20. The van der Waals surface area contributed by atoms with E-state index in [1.54, 1.807) is 0 Å². The lowest BCUT2D eigenvalue weighted by Crippen LogP contribution is -2.45. The maximum Gasteiger partial charge on any atom is 0.0626 e. The summed E-state index contributed by atoms with van der Waals surface area (Å²) in [5.41, 5.74) is 1.17. The number of likely N-dealkylation sites (N-methyl/N-ethyl adjacent to an activating group) is 1. The van der Waals surface area contributed by atoms with Crippen LogP contribution >= 0.6 is 0 Å². The van der Waals surface area contributed by atoms with E-state index in [1.807, 2.05) is 18.2 Å². The lowest BCUT2D eigenvalue weighted by molar-refractivity contribution is 0.184. The monoisotopic (exact) mass is 234 g/mol. The topological polar surface area (TPSA) is 35.5 Å². The van der Waals surface area contributed by atoms with Gasteiger partial charge in [-0.1, -0.05) is 30.3 Å². The molecule has 3 nitrogen and oxygen atoms in total. The minimum Gasteiger partial charge on any atom is -0.394 e. The Morgan fingerprint density at radius 2 is 2.18 bits per heavy atom. The quantitative estimate of drug-likeness (QED) is 0.826. The van der Waals surface area contributed by atoms with Crippen LogP contribution in [-0.2, 0) is 0 Å². The third-order valence-corrected chi connectivity index (χ3v) is 3.45. The van der Waals surface area contributed by atoms with Gasteiger partial charge in [0.1, 0.15) is 0 Å². The van der Waals surface area contributed by atoms with Crippen LogP contribution in [0.25, 0.3) is 0 Å². The molecule has 1 fully saturated rings. The molecule has 0 amide bonds. The van der Waals surface area contributed by atoms with Crippen molar-refractivity contribution >= 4 is 0 Å². The van der Waals surface area contributed by atoms with Gasteiger partial charge in [0.25, 0.3) is 0 Å². The van der Waals surface area contributed by atoms with Crippen LogP contribution in [0.4, 0.5) is 0 Å². The van der Waals surface area contributed by atoms with E-state index in [0.29, 0.717) is 6.04 Å². The minimum absolute atomic E-state index is 0.0627. The average molecular weight is 234 g/mol. The zero-order valence-corrected chi connectivity index (χ0v) is 10.5. The predicted molar refractivity (Wildman–Crippen MR) is 69.9 cm³/mol. The van der Waals surface area contributed by atoms with E-state index < -0.39 is 0 Å². The second-order valence-corrected chi connectivity index (χ2v) is 4.91. The van der Waals surface area contributed by atoms with Crippen molar-refractivity contribution in [1.29, 1.82) is 0 Å². The number of piperidine rings is 1. The number of hydrogen-bond acceptors (Lipinski definition) is 3. The molecule has 1 heterocycles. The number of hydrogen-bond donors (Lipinski definition) is 2. The molecule has 0 aliphatic carbocycles. The molecule has 17 heavy (non-hydrogen) atoms. The molecule has 1 aliphatic rings. The van der Waals surface area contributed by atoms with Gasteiger partial charge in [0.15, 0.2) is 0 Å². The lowest BCUT2D eigenvalue weighted by Gasteiger charge is -2.33. The van der Waals surface area contributed by atoms with Gasteiger partial charge in [-0.25, -0.2) is 0 Å². The molecule has 94 valence electrons. The van der Waals surface area contributed by atoms with Crippen LogP contribution < -0.4 is 5.32 Å². The number of nitrogens with zero attached hydrogens (tertiary/aromatic N) is 1. The molecule has 0 radical (unpaired) electrons. The first-order valence-corrected chi connectivity index (χ1v) is 6.40. The second-order valence-electron chi connectivity index (χ2n) is 4.91. The summed E-state index contributed by atoms with van der Waals surface area (Å²) < 4.78 is 0. The van der Waals surface area contributed by atoms with Gasteiger partial charge in [-0.2, -0.15) is 0 Å². The Labute approximate surface area is 103 Å². The lowest BCUT2D eigenvalue weighted by atomic mass is 10.0. The Hall–Kier alpha value is -0.900. The molecule has 0 spiro atoms. The molecule has 1 saturated heterocycles. The number of likely N-dealkylation sites (tertiary alicyclic amines) is 1. The van der Waals surface area contributed by atoms with E-state index in [2.05, 4.69) is 29.4 Å². The molecule has 1 aromatic rings. The molecule has 0 bridgehead atoms. The molecule has 1 aromatic carbocycles. The Morgan fingerprint density at radius 1 is 1.41 bits per heavy atom. The minimum atomic E-state index is 0.0627. The predicted octanol–water partition coefficient (Wildman–Crippen LogP) is 1.40. The zero-order valence-electron chi connectivity index (χ0n) is 10.5. The maximum absolute atomic E-state index is 9.50. The van der Waals surface area contributed by atoms with Gasteiger partial charge < -0.3 is 15.3 Å². The van der Waals surface area contributed by atoms with Gasteiger partial charge in [0.05, 0.1) is 12.6 Å². The van der Waals surface area contributed by atoms with Crippen molar-refractivity contribution in [3.63, 3.8) is 0 Å². The summed E-state index contributed by atoms with van der Waals surface area (Å²) in [6, 6.07) is 10.7. The van der Waals surface area contributed by atoms with Gasteiger partial charge in [-0.15, -0.1) is 0 Å². The molecule has 2 atom stereocenters. The first-order chi connectivity index (χ1) is 8.29. The third kappa shape index (κ3) is 3.53. The number of rotatable bonds is 4. The highest BCUT2D eigenvalue weighted by atomic mass is 16.3. The summed E-state index contributed by atoms with van der Waals surface area (Å²) in [7, 11) is 2.16. The van der Waals surface area contributed by atoms with Crippen molar-refractivity contribution in [1.82, 2.24) is 10.2 Å². The summed E-state index contributed by atoms with van der Waals surface area (Å²) in [5, 5.41) is 13.1. The SMILES string of the molecule is CN1CCCC(NC(CO)c2ccccc2)C1. The maximum atomic E-state index is 9.50. The van der Waals surface area contributed by atoms with Crippen LogP contribution in [-0.4, -0.2) is 42.8 Å². The fourth-order valence-electron chi connectivity index (χ4n) is 2.53. The average Bonchev–Trinajstić information content (AvgIpc) is 2.37. The number of benzene rings is 1. The van der Waals surface area contributed by atoms with E-state index in [4.69, 9.17) is 0 Å². The smallest absolute Gasteiger partial charge is 0.0626 e. The van der Waals surface area contributed by atoms with Crippen molar-refractivity contribution in [2.24, 2.45) is 0 Å². The Kier molecular flexibility index (Phi) is 4.54. The molecule has 2 rings (SSSR count). The molecular weight excluding hydrogens is 212 g/mol. The van der Waals surface area contributed by atoms with Gasteiger partial charge in [-0.05, 0) is 32.0 Å². The van der Waals surface area contributed by atoms with E-state index >= 15 is 0 Å². The van der Waals surface area contributed by atoms with Crippen LogP contribution in [0, 0.1) is 0 Å². The molecule has 0 saturated carbocycles. The number of nitrogens with one attached hydrogen (secondary N) is 1. The van der Waals surface area contributed by atoms with Gasteiger partial charge in [0, 0.05) is 12.6 Å². The van der Waals surface area contributed by atoms with Gasteiger partial charge in [0.2, 0.25) is 0 Å². The summed E-state index contributed by atoms with van der Waals surface area (Å²) in [4.78, 5) is 2.35. The van der Waals surface area contributed by atoms with Crippen molar-refractivity contribution in [2.75, 3.05) is 26.7 Å². The van der Waals surface area contributed by atoms with Crippen LogP contribution in [0.3, 0.4) is 0 Å². The second kappa shape index (κ2) is 6.15. The van der Waals surface area contributed by atoms with Crippen molar-refractivity contribution in [3.05, 3.63) is 35.9 Å². The van der Waals surface area contributed by atoms with Crippen molar-refractivity contribution in [2.45, 2.75) is 24.9 Å². The Bertz CT molecular complexity index is 328. The van der Waals surface area contributed by atoms with E-state index in [0.717, 1.165) is 6.54 Å². The van der Waals surface area contributed by atoms with Gasteiger partial charge >= 0.3 is 0 Å². The Morgan fingerprint density at radius 3 is 2.82 bits per heavy atom. The summed E-state index contributed by atoms with van der Waals surface area (Å²) >= 11 is 0. The standard InChI is InChI=1S/C14H22N2O/c1-16-9-5-8-13(10-16)15-14(11-17)12-6-3-2-4-7-12/h2-4,6-7,13-15,17H,5,8-11H2,1H3. The summed E-state index contributed by atoms with van der Waals surface area (Å²) in [5.74, 6) is 0. The molecule has 2 unspecified atom stereocenters. The molecule has 0 aromatic heterocycles. The molecule has 2 N–H and O–H groups in total. The first-order valence-electron chi connectivity index (χ1n) is 6.40. The largest absolute Gasteiger partial charge is 0.394 e. The zero-order chi connectivity index (χ0) is 12.1. The molecule has 3 heteroatoms. The molecular formula is C14H22N2O. The van der Waals surface area contributed by atoms with E-state index in [-0.39, 0.29) is 12.6 Å². The number of aliphatic hydroxyl groups excluding tert-OH is 1. The third-order valence-electron chi connectivity index (χ3n) is 3.45. The van der Waals surface area contributed by atoms with Crippen LogP contribution in [0.2, 0.25) is 0 Å². The molecule has 1 aliphatic heterocycles. The van der Waals surface area contributed by atoms with Crippen molar-refractivity contribution in [3.8, 4) is 0 Å². The summed E-state index contributed by atoms with van der Waals surface area (Å²) in [6.07, 6.45) is 2.44. The van der Waals surface area contributed by atoms with Crippen LogP contribution in [0.15, 0.2) is 30.3 Å².